The van der Waals surface area contributed by atoms with E-state index >= 15 is 0 Å². The van der Waals surface area contributed by atoms with Crippen molar-refractivity contribution in [1.82, 2.24) is 5.32 Å². The third kappa shape index (κ3) is 5.59. The van der Waals surface area contributed by atoms with Crippen LogP contribution in [0.3, 0.4) is 0 Å². The van der Waals surface area contributed by atoms with Crippen LogP contribution in [0.1, 0.15) is 45.1 Å². The minimum absolute atomic E-state index is 0.618. The molecule has 114 valence electrons. The number of ether oxygens (including phenoxy) is 2. The molecule has 0 fully saturated rings. The van der Waals surface area contributed by atoms with Crippen molar-refractivity contribution < 1.29 is 9.47 Å². The highest BCUT2D eigenvalue weighted by molar-refractivity contribution is 6.32. The van der Waals surface area contributed by atoms with E-state index in [1.165, 1.54) is 19.3 Å². The van der Waals surface area contributed by atoms with Crippen LogP contribution in [-0.2, 0) is 6.54 Å². The zero-order chi connectivity index (χ0) is 14.8. The summed E-state index contributed by atoms with van der Waals surface area (Å²) < 4.78 is 11.2. The molecule has 0 spiro atoms. The van der Waals surface area contributed by atoms with Crippen LogP contribution >= 0.6 is 11.6 Å². The van der Waals surface area contributed by atoms with Crippen LogP contribution in [0.25, 0.3) is 0 Å². The van der Waals surface area contributed by atoms with E-state index in [0.29, 0.717) is 23.1 Å². The number of halogens is 1. The molecule has 0 radical (unpaired) electrons. The van der Waals surface area contributed by atoms with Gasteiger partial charge in [-0.15, -0.1) is 0 Å². The molecule has 4 heteroatoms. The summed E-state index contributed by atoms with van der Waals surface area (Å²) in [6.45, 7) is 6.66. The quantitative estimate of drug-likeness (QED) is 0.649. The summed E-state index contributed by atoms with van der Waals surface area (Å²) in [5, 5.41) is 3.89. The third-order valence-corrected chi connectivity index (χ3v) is 3.39. The minimum atomic E-state index is 0.618. The molecule has 3 nitrogen and oxygen atoms in total. The predicted molar refractivity (Wildman–Crippen MR) is 85.0 cm³/mol. The van der Waals surface area contributed by atoms with E-state index in [4.69, 9.17) is 21.1 Å². The van der Waals surface area contributed by atoms with Gasteiger partial charge in [0.25, 0.3) is 0 Å². The molecule has 0 heterocycles. The molecular formula is C16H26ClNO2. The molecule has 0 unspecified atom stereocenters. The molecule has 0 aliphatic rings. The Morgan fingerprint density at radius 3 is 2.60 bits per heavy atom. The Bertz CT molecular complexity index is 396. The summed E-state index contributed by atoms with van der Waals surface area (Å²) in [6, 6.07) is 3.92. The fourth-order valence-corrected chi connectivity index (χ4v) is 2.28. The molecule has 0 amide bonds. The Balaban J connectivity index is 2.64. The predicted octanol–water partition coefficient (Wildman–Crippen LogP) is 4.42. The first-order valence-electron chi connectivity index (χ1n) is 7.42. The van der Waals surface area contributed by atoms with Gasteiger partial charge in [-0.2, -0.15) is 0 Å². The van der Waals surface area contributed by atoms with E-state index in [-0.39, 0.29) is 0 Å². The lowest BCUT2D eigenvalue weighted by Crippen LogP contribution is -2.12. The Kier molecular flexibility index (Phi) is 8.47. The number of hydrogen-bond acceptors (Lipinski definition) is 3. The molecule has 1 aromatic rings. The number of benzene rings is 1. The summed E-state index contributed by atoms with van der Waals surface area (Å²) in [5.41, 5.74) is 1.10. The third-order valence-electron chi connectivity index (χ3n) is 3.11. The second kappa shape index (κ2) is 9.89. The fraction of sp³-hybridized carbons (Fsp3) is 0.625. The van der Waals surface area contributed by atoms with Gasteiger partial charge in [-0.1, -0.05) is 44.7 Å². The van der Waals surface area contributed by atoms with Gasteiger partial charge in [-0.25, -0.2) is 0 Å². The molecule has 0 saturated carbocycles. The lowest BCUT2D eigenvalue weighted by Gasteiger charge is -2.14. The highest BCUT2D eigenvalue weighted by Crippen LogP contribution is 2.36. The van der Waals surface area contributed by atoms with E-state index in [0.717, 1.165) is 25.1 Å². The van der Waals surface area contributed by atoms with E-state index < -0.39 is 0 Å². The van der Waals surface area contributed by atoms with Crippen LogP contribution in [0.15, 0.2) is 12.1 Å². The van der Waals surface area contributed by atoms with E-state index in [1.54, 1.807) is 7.11 Å². The van der Waals surface area contributed by atoms with Crippen LogP contribution in [0.5, 0.6) is 11.5 Å². The van der Waals surface area contributed by atoms with Gasteiger partial charge in [0.2, 0.25) is 0 Å². The first-order chi connectivity index (χ1) is 9.72. The van der Waals surface area contributed by atoms with Gasteiger partial charge in [0.1, 0.15) is 0 Å². The van der Waals surface area contributed by atoms with Crippen LogP contribution in [0.2, 0.25) is 5.02 Å². The van der Waals surface area contributed by atoms with Gasteiger partial charge < -0.3 is 14.8 Å². The first kappa shape index (κ1) is 17.1. The number of unbranched alkanes of at least 4 members (excludes halogenated alkanes) is 3. The molecule has 0 saturated heterocycles. The second-order valence-electron chi connectivity index (χ2n) is 4.80. The van der Waals surface area contributed by atoms with Crippen molar-refractivity contribution in [2.45, 2.75) is 46.1 Å². The molecule has 20 heavy (non-hydrogen) atoms. The zero-order valence-corrected chi connectivity index (χ0v) is 13.6. The Labute approximate surface area is 127 Å². The lowest BCUT2D eigenvalue weighted by atomic mass is 10.2. The Morgan fingerprint density at radius 2 is 1.95 bits per heavy atom. The van der Waals surface area contributed by atoms with Crippen LogP contribution in [0, 0.1) is 0 Å². The maximum atomic E-state index is 6.30. The van der Waals surface area contributed by atoms with Crippen molar-refractivity contribution in [2.24, 2.45) is 0 Å². The summed E-state index contributed by atoms with van der Waals surface area (Å²) in [6.07, 6.45) is 4.71. The van der Waals surface area contributed by atoms with Gasteiger partial charge in [0.15, 0.2) is 11.5 Å². The van der Waals surface area contributed by atoms with Gasteiger partial charge in [0, 0.05) is 6.54 Å². The molecule has 1 aromatic carbocycles. The summed E-state index contributed by atoms with van der Waals surface area (Å²) >= 11 is 6.30. The smallest absolute Gasteiger partial charge is 0.179 e. The largest absolute Gasteiger partial charge is 0.493 e. The summed E-state index contributed by atoms with van der Waals surface area (Å²) in [7, 11) is 1.65. The molecule has 0 aliphatic carbocycles. The zero-order valence-electron chi connectivity index (χ0n) is 12.8. The number of rotatable bonds is 10. The van der Waals surface area contributed by atoms with Crippen molar-refractivity contribution in [3.8, 4) is 11.5 Å². The fourth-order valence-electron chi connectivity index (χ4n) is 1.99. The van der Waals surface area contributed by atoms with Gasteiger partial charge in [-0.3, -0.25) is 0 Å². The van der Waals surface area contributed by atoms with E-state index in [2.05, 4.69) is 19.2 Å². The SMILES string of the molecule is CCCCCCOc1c(Cl)cc(CNCC)cc1OC. The minimum Gasteiger partial charge on any atom is -0.493 e. The maximum Gasteiger partial charge on any atom is 0.179 e. The molecule has 0 bridgehead atoms. The normalized spacial score (nSPS) is 10.6. The first-order valence-corrected chi connectivity index (χ1v) is 7.80. The maximum absolute atomic E-state index is 6.30. The molecule has 1 N–H and O–H groups in total. The monoisotopic (exact) mass is 299 g/mol. The van der Waals surface area contributed by atoms with Gasteiger partial charge in [-0.05, 0) is 30.7 Å². The molecule has 0 atom stereocenters. The van der Waals surface area contributed by atoms with Crippen LogP contribution in [-0.4, -0.2) is 20.3 Å². The Hall–Kier alpha value is -0.930. The number of methoxy groups -OCH3 is 1. The van der Waals surface area contributed by atoms with Gasteiger partial charge in [0.05, 0.1) is 18.7 Å². The van der Waals surface area contributed by atoms with Gasteiger partial charge >= 0.3 is 0 Å². The van der Waals surface area contributed by atoms with Crippen LogP contribution < -0.4 is 14.8 Å². The average Bonchev–Trinajstić information content (AvgIpc) is 2.46. The number of nitrogens with one attached hydrogen (secondary N) is 1. The molecule has 0 aromatic heterocycles. The highest BCUT2D eigenvalue weighted by atomic mass is 35.5. The van der Waals surface area contributed by atoms with Crippen molar-refractivity contribution in [3.05, 3.63) is 22.7 Å². The van der Waals surface area contributed by atoms with E-state index in [9.17, 15) is 0 Å². The topological polar surface area (TPSA) is 30.5 Å². The molecule has 0 aliphatic heterocycles. The van der Waals surface area contributed by atoms with Crippen molar-refractivity contribution in [3.63, 3.8) is 0 Å². The van der Waals surface area contributed by atoms with Crippen molar-refractivity contribution in [2.75, 3.05) is 20.3 Å². The molecular weight excluding hydrogens is 274 g/mol. The summed E-state index contributed by atoms with van der Waals surface area (Å²) in [5.74, 6) is 1.37. The van der Waals surface area contributed by atoms with E-state index in [1.807, 2.05) is 12.1 Å². The molecule has 1 rings (SSSR count). The Morgan fingerprint density at radius 1 is 1.15 bits per heavy atom. The summed E-state index contributed by atoms with van der Waals surface area (Å²) in [4.78, 5) is 0. The standard InChI is InChI=1S/C16H26ClNO2/c1-4-6-7-8-9-20-16-14(17)10-13(12-18-5-2)11-15(16)19-3/h10-11,18H,4-9,12H2,1-3H3. The van der Waals surface area contributed by atoms with Crippen molar-refractivity contribution in [1.29, 1.82) is 0 Å². The van der Waals surface area contributed by atoms with Crippen molar-refractivity contribution >= 4 is 11.6 Å². The second-order valence-corrected chi connectivity index (χ2v) is 5.21. The van der Waals surface area contributed by atoms with Crippen LogP contribution in [0.4, 0.5) is 0 Å². The number of hydrogen-bond donors (Lipinski definition) is 1. The lowest BCUT2D eigenvalue weighted by molar-refractivity contribution is 0.285. The average molecular weight is 300 g/mol. The highest BCUT2D eigenvalue weighted by Gasteiger charge is 2.11.